The Bertz CT molecular complexity index is 855. The Balaban J connectivity index is 1.55. The molecule has 1 fully saturated rings. The maximum Gasteiger partial charge on any atom is 0.228 e. The number of hydrogen-bond donors (Lipinski definition) is 0. The van der Waals surface area contributed by atoms with Crippen molar-refractivity contribution < 1.29 is 13.6 Å². The number of hydrogen-bond acceptors (Lipinski definition) is 3. The van der Waals surface area contributed by atoms with Gasteiger partial charge in [-0.05, 0) is 68.8 Å². The van der Waals surface area contributed by atoms with Crippen LogP contribution in [0.2, 0.25) is 0 Å². The number of anilines is 3. The minimum Gasteiger partial charge on any atom is -0.338 e. The maximum atomic E-state index is 14.0. The minimum atomic E-state index is -0.356. The zero-order valence-electron chi connectivity index (χ0n) is 16.1. The summed E-state index contributed by atoms with van der Waals surface area (Å²) in [7, 11) is 0. The summed E-state index contributed by atoms with van der Waals surface area (Å²) in [6, 6.07) is 11.2. The van der Waals surface area contributed by atoms with Crippen molar-refractivity contribution in [2.45, 2.75) is 32.2 Å². The number of likely N-dealkylation sites (tertiary alicyclic amines) is 1. The molecule has 1 atom stereocenters. The summed E-state index contributed by atoms with van der Waals surface area (Å²) in [5.41, 5.74) is 2.13. The van der Waals surface area contributed by atoms with Crippen LogP contribution in [0.4, 0.5) is 25.8 Å². The highest BCUT2D eigenvalue weighted by molar-refractivity contribution is 5.99. The Hall–Kier alpha value is -2.47. The third-order valence-corrected chi connectivity index (χ3v) is 5.81. The summed E-state index contributed by atoms with van der Waals surface area (Å²) < 4.78 is 27.3. The first kappa shape index (κ1) is 18.9. The fraction of sp³-hybridized carbons (Fsp3) is 0.409. The van der Waals surface area contributed by atoms with Crippen molar-refractivity contribution in [1.82, 2.24) is 4.90 Å². The zero-order chi connectivity index (χ0) is 19.7. The molecule has 0 unspecified atom stereocenters. The van der Waals surface area contributed by atoms with E-state index >= 15 is 0 Å². The summed E-state index contributed by atoms with van der Waals surface area (Å²) in [6.07, 6.45) is 2.83. The second-order valence-electron chi connectivity index (χ2n) is 7.58. The van der Waals surface area contributed by atoms with Crippen LogP contribution in [0, 0.1) is 11.6 Å². The first-order valence-electron chi connectivity index (χ1n) is 9.90. The summed E-state index contributed by atoms with van der Waals surface area (Å²) in [6.45, 7) is 5.07. The van der Waals surface area contributed by atoms with E-state index in [1.807, 2.05) is 4.90 Å². The average Bonchev–Trinajstić information content (AvgIpc) is 3.10. The highest BCUT2D eigenvalue weighted by Gasteiger charge is 2.29. The molecule has 0 aliphatic carbocycles. The number of fused-ring (bicyclic) bond motifs is 1. The molecule has 2 heterocycles. The highest BCUT2D eigenvalue weighted by Crippen LogP contribution is 2.38. The SMILES string of the molecule is C[C@@H]1CCCN1CCC(=O)N1CCN(c2ccc(F)cc2)c2cc(F)ccc21. The van der Waals surface area contributed by atoms with Crippen molar-refractivity contribution in [1.29, 1.82) is 0 Å². The van der Waals surface area contributed by atoms with Gasteiger partial charge < -0.3 is 14.7 Å². The highest BCUT2D eigenvalue weighted by atomic mass is 19.1. The fourth-order valence-electron chi connectivity index (χ4n) is 4.23. The van der Waals surface area contributed by atoms with Gasteiger partial charge in [-0.25, -0.2) is 8.78 Å². The number of halogens is 2. The Morgan fingerprint density at radius 2 is 1.75 bits per heavy atom. The smallest absolute Gasteiger partial charge is 0.228 e. The number of carbonyl (C=O) groups is 1. The van der Waals surface area contributed by atoms with Gasteiger partial charge in [-0.15, -0.1) is 0 Å². The average molecular weight is 385 g/mol. The van der Waals surface area contributed by atoms with Crippen LogP contribution in [-0.2, 0) is 4.79 Å². The van der Waals surface area contributed by atoms with E-state index in [2.05, 4.69) is 11.8 Å². The number of benzene rings is 2. The van der Waals surface area contributed by atoms with Crippen molar-refractivity contribution in [3.8, 4) is 0 Å². The van der Waals surface area contributed by atoms with Crippen LogP contribution in [0.1, 0.15) is 26.2 Å². The van der Waals surface area contributed by atoms with Gasteiger partial charge in [0.1, 0.15) is 11.6 Å². The van der Waals surface area contributed by atoms with E-state index in [1.54, 1.807) is 23.1 Å². The lowest BCUT2D eigenvalue weighted by molar-refractivity contribution is -0.119. The van der Waals surface area contributed by atoms with Crippen LogP contribution >= 0.6 is 0 Å². The van der Waals surface area contributed by atoms with Crippen LogP contribution in [0.5, 0.6) is 0 Å². The largest absolute Gasteiger partial charge is 0.338 e. The molecule has 4 nitrogen and oxygen atoms in total. The molecule has 2 aromatic carbocycles. The first-order chi connectivity index (χ1) is 13.5. The lowest BCUT2D eigenvalue weighted by atomic mass is 10.1. The maximum absolute atomic E-state index is 14.0. The predicted octanol–water partition coefficient (Wildman–Crippen LogP) is 4.32. The van der Waals surface area contributed by atoms with Gasteiger partial charge in [0, 0.05) is 37.8 Å². The van der Waals surface area contributed by atoms with E-state index < -0.39 is 0 Å². The van der Waals surface area contributed by atoms with Crippen LogP contribution in [0.3, 0.4) is 0 Å². The van der Waals surface area contributed by atoms with Gasteiger partial charge >= 0.3 is 0 Å². The molecule has 148 valence electrons. The van der Waals surface area contributed by atoms with Crippen LogP contribution in [0.15, 0.2) is 42.5 Å². The van der Waals surface area contributed by atoms with Crippen molar-refractivity contribution >= 4 is 23.0 Å². The van der Waals surface area contributed by atoms with Gasteiger partial charge in [-0.1, -0.05) is 0 Å². The third-order valence-electron chi connectivity index (χ3n) is 5.81. The summed E-state index contributed by atoms with van der Waals surface area (Å²) in [5.74, 6) is -0.607. The summed E-state index contributed by atoms with van der Waals surface area (Å²) >= 11 is 0. The fourth-order valence-corrected chi connectivity index (χ4v) is 4.23. The van der Waals surface area contributed by atoms with E-state index in [1.165, 1.54) is 37.1 Å². The second-order valence-corrected chi connectivity index (χ2v) is 7.58. The molecule has 1 saturated heterocycles. The molecular formula is C22H25F2N3O. The van der Waals surface area contributed by atoms with E-state index in [4.69, 9.17) is 0 Å². The lowest BCUT2D eigenvalue weighted by Crippen LogP contribution is -2.43. The first-order valence-corrected chi connectivity index (χ1v) is 9.90. The quantitative estimate of drug-likeness (QED) is 0.784. The molecule has 2 aliphatic rings. The van der Waals surface area contributed by atoms with Crippen molar-refractivity contribution in [2.75, 3.05) is 36.0 Å². The molecule has 0 N–H and O–H groups in total. The number of nitrogens with zero attached hydrogens (tertiary/aromatic N) is 3. The second kappa shape index (κ2) is 7.87. The molecule has 2 aromatic rings. The molecule has 0 saturated carbocycles. The van der Waals surface area contributed by atoms with Gasteiger partial charge in [0.05, 0.1) is 11.4 Å². The standard InChI is InChI=1S/C22H25F2N3O/c1-16-3-2-11-25(16)12-10-22(28)27-14-13-26(19-7-4-17(23)5-8-19)21-15-18(24)6-9-20(21)27/h4-9,15-16H,2-3,10-14H2,1H3/t16-/m1/s1. The van der Waals surface area contributed by atoms with Crippen LogP contribution < -0.4 is 9.80 Å². The Kier molecular flexibility index (Phi) is 5.31. The lowest BCUT2D eigenvalue weighted by Gasteiger charge is -2.38. The predicted molar refractivity (Wildman–Crippen MR) is 107 cm³/mol. The van der Waals surface area contributed by atoms with E-state index in [0.717, 1.165) is 18.8 Å². The monoisotopic (exact) mass is 385 g/mol. The zero-order valence-corrected chi connectivity index (χ0v) is 16.1. The molecule has 0 aromatic heterocycles. The number of amides is 1. The van der Waals surface area contributed by atoms with Crippen molar-refractivity contribution in [3.63, 3.8) is 0 Å². The van der Waals surface area contributed by atoms with E-state index in [9.17, 15) is 13.6 Å². The van der Waals surface area contributed by atoms with Crippen LogP contribution in [0.25, 0.3) is 0 Å². The van der Waals surface area contributed by atoms with Gasteiger partial charge in [0.2, 0.25) is 5.91 Å². The Morgan fingerprint density at radius 1 is 1.00 bits per heavy atom. The molecule has 0 radical (unpaired) electrons. The molecule has 2 aliphatic heterocycles. The summed E-state index contributed by atoms with van der Waals surface area (Å²) in [5, 5.41) is 0. The molecule has 4 rings (SSSR count). The Morgan fingerprint density at radius 3 is 2.46 bits per heavy atom. The molecule has 0 spiro atoms. The van der Waals surface area contributed by atoms with Crippen molar-refractivity contribution in [2.24, 2.45) is 0 Å². The van der Waals surface area contributed by atoms with Gasteiger partial charge in [0.25, 0.3) is 0 Å². The summed E-state index contributed by atoms with van der Waals surface area (Å²) in [4.78, 5) is 19.0. The minimum absolute atomic E-state index is 0.0608. The topological polar surface area (TPSA) is 26.8 Å². The normalized spacial score (nSPS) is 19.8. The molecule has 28 heavy (non-hydrogen) atoms. The van der Waals surface area contributed by atoms with E-state index in [0.29, 0.717) is 36.9 Å². The molecule has 6 heteroatoms. The molecule has 0 bridgehead atoms. The molecule has 1 amide bonds. The molecular weight excluding hydrogens is 360 g/mol. The van der Waals surface area contributed by atoms with Crippen LogP contribution in [-0.4, -0.2) is 43.0 Å². The number of rotatable bonds is 4. The van der Waals surface area contributed by atoms with Crippen molar-refractivity contribution in [3.05, 3.63) is 54.1 Å². The van der Waals surface area contributed by atoms with Gasteiger partial charge in [-0.2, -0.15) is 0 Å². The number of carbonyl (C=O) groups excluding carboxylic acids is 1. The van der Waals surface area contributed by atoms with Gasteiger partial charge in [-0.3, -0.25) is 4.79 Å². The van der Waals surface area contributed by atoms with Gasteiger partial charge in [0.15, 0.2) is 0 Å². The van der Waals surface area contributed by atoms with E-state index in [-0.39, 0.29) is 17.5 Å². The Labute approximate surface area is 164 Å². The third kappa shape index (κ3) is 3.74.